The number of halogens is 3. The van der Waals surface area contributed by atoms with Crippen LogP contribution in [0.1, 0.15) is 30.4 Å². The maximum absolute atomic E-state index is 13.2. The lowest BCUT2D eigenvalue weighted by atomic mass is 9.96. The molecule has 2 rings (SSSR count). The minimum Gasteiger partial charge on any atom is -1.00 e. The first-order valence-electron chi connectivity index (χ1n) is 8.38. The fourth-order valence-corrected chi connectivity index (χ4v) is 2.64. The SMILES string of the molecule is C[N+](C)(C)CCCCC=C(c1ccc(F)cc1)c1ccc(F)cc1.[I-]. The van der Waals surface area contributed by atoms with Gasteiger partial charge in [0.25, 0.3) is 0 Å². The van der Waals surface area contributed by atoms with Crippen LogP contribution < -0.4 is 24.0 Å². The lowest BCUT2D eigenvalue weighted by Crippen LogP contribution is -3.00. The van der Waals surface area contributed by atoms with Gasteiger partial charge >= 0.3 is 0 Å². The number of unbranched alkanes of at least 4 members (excludes halogenated alkanes) is 2. The number of hydrogen-bond acceptors (Lipinski definition) is 0. The number of benzene rings is 2. The molecule has 2 aromatic rings. The summed E-state index contributed by atoms with van der Waals surface area (Å²) in [6, 6.07) is 12.9. The second-order valence-corrected chi connectivity index (χ2v) is 7.14. The number of nitrogens with zero attached hydrogens (tertiary/aromatic N) is 1. The lowest BCUT2D eigenvalue weighted by Gasteiger charge is -2.23. The summed E-state index contributed by atoms with van der Waals surface area (Å²) in [6.45, 7) is 1.14. The summed E-state index contributed by atoms with van der Waals surface area (Å²) in [5, 5.41) is 0. The van der Waals surface area contributed by atoms with Crippen LogP contribution >= 0.6 is 0 Å². The van der Waals surface area contributed by atoms with Crippen molar-refractivity contribution in [2.24, 2.45) is 0 Å². The zero-order chi connectivity index (χ0) is 17.6. The van der Waals surface area contributed by atoms with Gasteiger partial charge in [0.2, 0.25) is 0 Å². The van der Waals surface area contributed by atoms with Gasteiger partial charge in [-0.3, -0.25) is 0 Å². The fraction of sp³-hybridized carbons (Fsp3) is 0.333. The summed E-state index contributed by atoms with van der Waals surface area (Å²) in [7, 11) is 6.58. The molecule has 25 heavy (non-hydrogen) atoms. The second-order valence-electron chi connectivity index (χ2n) is 7.14. The van der Waals surface area contributed by atoms with Crippen LogP contribution in [0.25, 0.3) is 5.57 Å². The molecule has 0 saturated heterocycles. The quantitative estimate of drug-likeness (QED) is 0.340. The smallest absolute Gasteiger partial charge is 0.123 e. The van der Waals surface area contributed by atoms with Gasteiger partial charge in [-0.15, -0.1) is 0 Å². The zero-order valence-corrected chi connectivity index (χ0v) is 17.3. The average Bonchev–Trinajstić information content (AvgIpc) is 2.52. The Labute approximate surface area is 167 Å². The van der Waals surface area contributed by atoms with Crippen molar-refractivity contribution in [1.29, 1.82) is 0 Å². The second kappa shape index (κ2) is 10.0. The van der Waals surface area contributed by atoms with Crippen LogP contribution in [-0.2, 0) is 0 Å². The van der Waals surface area contributed by atoms with Crippen LogP contribution in [0.3, 0.4) is 0 Å². The van der Waals surface area contributed by atoms with Crippen molar-refractivity contribution in [2.45, 2.75) is 19.3 Å². The first kappa shape index (κ1) is 21.8. The highest BCUT2D eigenvalue weighted by Gasteiger charge is 2.07. The summed E-state index contributed by atoms with van der Waals surface area (Å²) in [5.74, 6) is -0.500. The van der Waals surface area contributed by atoms with Gasteiger partial charge in [0.1, 0.15) is 11.6 Å². The molecule has 1 nitrogen and oxygen atoms in total. The Bertz CT molecular complexity index is 623. The Balaban J connectivity index is 0.00000312. The van der Waals surface area contributed by atoms with E-state index in [0.717, 1.165) is 47.0 Å². The Morgan fingerprint density at radius 3 is 1.64 bits per heavy atom. The van der Waals surface area contributed by atoms with Gasteiger partial charge in [-0.25, -0.2) is 8.78 Å². The van der Waals surface area contributed by atoms with E-state index in [1.807, 2.05) is 0 Å². The third-order valence-corrected chi connectivity index (χ3v) is 3.94. The summed E-state index contributed by atoms with van der Waals surface area (Å²) >= 11 is 0. The molecule has 2 aromatic carbocycles. The Morgan fingerprint density at radius 1 is 0.800 bits per heavy atom. The zero-order valence-electron chi connectivity index (χ0n) is 15.1. The van der Waals surface area contributed by atoms with Gasteiger partial charge in [0, 0.05) is 0 Å². The molecule has 4 heteroatoms. The van der Waals surface area contributed by atoms with Gasteiger partial charge in [-0.1, -0.05) is 30.3 Å². The van der Waals surface area contributed by atoms with Crippen LogP contribution in [0.15, 0.2) is 54.6 Å². The third-order valence-electron chi connectivity index (χ3n) is 3.94. The van der Waals surface area contributed by atoms with Crippen molar-refractivity contribution < 1.29 is 37.2 Å². The van der Waals surface area contributed by atoms with Gasteiger partial charge in [0.15, 0.2) is 0 Å². The average molecular weight is 457 g/mol. The van der Waals surface area contributed by atoms with Crippen molar-refractivity contribution in [3.63, 3.8) is 0 Å². The van der Waals surface area contributed by atoms with E-state index >= 15 is 0 Å². The summed E-state index contributed by atoms with van der Waals surface area (Å²) < 4.78 is 27.4. The fourth-order valence-electron chi connectivity index (χ4n) is 2.64. The minimum absolute atomic E-state index is 0. The van der Waals surface area contributed by atoms with Gasteiger partial charge in [-0.05, 0) is 60.2 Å². The van der Waals surface area contributed by atoms with E-state index in [1.165, 1.54) is 24.3 Å². The predicted molar refractivity (Wildman–Crippen MR) is 96.6 cm³/mol. The molecule has 136 valence electrons. The summed E-state index contributed by atoms with van der Waals surface area (Å²) in [6.07, 6.45) is 5.38. The van der Waals surface area contributed by atoms with E-state index in [2.05, 4.69) is 27.2 Å². The topological polar surface area (TPSA) is 0 Å². The van der Waals surface area contributed by atoms with Crippen molar-refractivity contribution in [3.05, 3.63) is 77.4 Å². The van der Waals surface area contributed by atoms with E-state index in [0.29, 0.717) is 0 Å². The highest BCUT2D eigenvalue weighted by molar-refractivity contribution is 5.79. The number of rotatable bonds is 7. The minimum atomic E-state index is -0.250. The Kier molecular flexibility index (Phi) is 8.73. The summed E-state index contributed by atoms with van der Waals surface area (Å²) in [4.78, 5) is 0. The normalized spacial score (nSPS) is 10.9. The maximum Gasteiger partial charge on any atom is 0.123 e. The van der Waals surface area contributed by atoms with Crippen molar-refractivity contribution in [3.8, 4) is 0 Å². The molecule has 0 saturated carbocycles. The molecule has 0 amide bonds. The number of quaternary nitrogens is 1. The molecule has 0 bridgehead atoms. The highest BCUT2D eigenvalue weighted by Crippen LogP contribution is 2.25. The van der Waals surface area contributed by atoms with Gasteiger partial charge < -0.3 is 28.5 Å². The molecule has 0 unspecified atom stereocenters. The Morgan fingerprint density at radius 2 is 1.24 bits per heavy atom. The molecule has 0 radical (unpaired) electrons. The maximum atomic E-state index is 13.2. The molecule has 0 N–H and O–H groups in total. The predicted octanol–water partition coefficient (Wildman–Crippen LogP) is 2.28. The molecular formula is C21H26F2IN. The van der Waals surface area contributed by atoms with Crippen LogP contribution in [-0.4, -0.2) is 32.2 Å². The van der Waals surface area contributed by atoms with Crippen LogP contribution in [0.2, 0.25) is 0 Å². The van der Waals surface area contributed by atoms with E-state index in [1.54, 1.807) is 24.3 Å². The van der Waals surface area contributed by atoms with Gasteiger partial charge in [0.05, 0.1) is 27.7 Å². The molecule has 0 aliphatic rings. The molecule has 0 atom stereocenters. The molecule has 0 spiro atoms. The molecule has 0 aliphatic heterocycles. The van der Waals surface area contributed by atoms with Crippen molar-refractivity contribution >= 4 is 5.57 Å². The molecular weight excluding hydrogens is 431 g/mol. The Hall–Kier alpha value is -1.27. The lowest BCUT2D eigenvalue weighted by molar-refractivity contribution is -0.870. The van der Waals surface area contributed by atoms with Crippen molar-refractivity contribution in [2.75, 3.05) is 27.7 Å². The number of allylic oxidation sites excluding steroid dienone is 1. The van der Waals surface area contributed by atoms with E-state index in [9.17, 15) is 8.78 Å². The largest absolute Gasteiger partial charge is 1.00 e. The van der Waals surface area contributed by atoms with Crippen molar-refractivity contribution in [1.82, 2.24) is 0 Å². The van der Waals surface area contributed by atoms with E-state index in [-0.39, 0.29) is 35.6 Å². The molecule has 0 aliphatic carbocycles. The molecule has 0 heterocycles. The monoisotopic (exact) mass is 457 g/mol. The van der Waals surface area contributed by atoms with E-state index < -0.39 is 0 Å². The highest BCUT2D eigenvalue weighted by atomic mass is 127. The van der Waals surface area contributed by atoms with E-state index in [4.69, 9.17) is 0 Å². The third kappa shape index (κ3) is 7.65. The van der Waals surface area contributed by atoms with Crippen LogP contribution in [0.5, 0.6) is 0 Å². The van der Waals surface area contributed by atoms with Gasteiger partial charge in [-0.2, -0.15) is 0 Å². The first-order valence-corrected chi connectivity index (χ1v) is 8.38. The standard InChI is InChI=1S/C21H26F2N.HI/c1-24(2,3)16-6-4-5-7-21(17-8-12-19(22)13-9-17)18-10-14-20(23)15-11-18;/h7-15H,4-6,16H2,1-3H3;1H/q+1;/p-1. The first-order chi connectivity index (χ1) is 11.3. The van der Waals surface area contributed by atoms with Crippen LogP contribution in [0.4, 0.5) is 8.78 Å². The number of hydrogen-bond donors (Lipinski definition) is 0. The molecule has 0 fully saturated rings. The molecule has 0 aromatic heterocycles. The summed E-state index contributed by atoms with van der Waals surface area (Å²) in [5.41, 5.74) is 2.93. The van der Waals surface area contributed by atoms with Crippen LogP contribution in [0, 0.1) is 11.6 Å².